The number of hydrogen-bond donors (Lipinski definition) is 1. The SMILES string of the molecule is CCc1cc(=O)oc2c(C)c3c(cc12)C[NH+](C(C)C)CO3. The van der Waals surface area contributed by atoms with E-state index in [4.69, 9.17) is 9.15 Å². The maximum absolute atomic E-state index is 11.7. The van der Waals surface area contributed by atoms with Crippen molar-refractivity contribution in [3.63, 3.8) is 0 Å². The summed E-state index contributed by atoms with van der Waals surface area (Å²) in [6, 6.07) is 4.26. The quantitative estimate of drug-likeness (QED) is 0.857. The maximum atomic E-state index is 11.7. The molecule has 1 aliphatic heterocycles. The predicted molar refractivity (Wildman–Crippen MR) is 81.9 cm³/mol. The largest absolute Gasteiger partial charge is 0.444 e. The molecule has 4 heteroatoms. The number of nitrogens with one attached hydrogen (secondary N) is 1. The van der Waals surface area contributed by atoms with Crippen LogP contribution in [0.4, 0.5) is 0 Å². The fourth-order valence-corrected chi connectivity index (χ4v) is 3.03. The molecule has 1 aliphatic rings. The van der Waals surface area contributed by atoms with Gasteiger partial charge in [-0.25, -0.2) is 4.79 Å². The summed E-state index contributed by atoms with van der Waals surface area (Å²) in [7, 11) is 0. The van der Waals surface area contributed by atoms with Crippen LogP contribution in [0.25, 0.3) is 11.0 Å². The summed E-state index contributed by atoms with van der Waals surface area (Å²) in [6.45, 7) is 10.1. The van der Waals surface area contributed by atoms with Crippen molar-refractivity contribution in [3.8, 4) is 5.75 Å². The van der Waals surface area contributed by atoms with Crippen molar-refractivity contribution in [2.45, 2.75) is 46.7 Å². The van der Waals surface area contributed by atoms with E-state index >= 15 is 0 Å². The van der Waals surface area contributed by atoms with Crippen LogP contribution in [-0.2, 0) is 13.0 Å². The molecular formula is C17H22NO3+. The number of ether oxygens (including phenoxy) is 1. The summed E-state index contributed by atoms with van der Waals surface area (Å²) in [5.41, 5.74) is 3.58. The minimum absolute atomic E-state index is 0.285. The lowest BCUT2D eigenvalue weighted by Crippen LogP contribution is -3.15. The Morgan fingerprint density at radius 1 is 1.33 bits per heavy atom. The standard InChI is InChI=1S/C17H21NO3/c1-5-12-7-15(19)21-17-11(4)16-13(6-14(12)17)8-18(9-20-16)10(2)3/h6-7,10H,5,8-9H2,1-4H3/p+1. The van der Waals surface area contributed by atoms with Crippen molar-refractivity contribution in [3.05, 3.63) is 39.2 Å². The molecular weight excluding hydrogens is 266 g/mol. The molecule has 3 rings (SSSR count). The Morgan fingerprint density at radius 2 is 2.10 bits per heavy atom. The second kappa shape index (κ2) is 5.19. The first-order chi connectivity index (χ1) is 10.0. The molecule has 1 unspecified atom stereocenters. The third-order valence-electron chi connectivity index (χ3n) is 4.39. The first-order valence-electron chi connectivity index (χ1n) is 7.57. The molecule has 0 amide bonds. The van der Waals surface area contributed by atoms with Gasteiger partial charge in [0, 0.05) is 22.6 Å². The Hall–Kier alpha value is -1.81. The van der Waals surface area contributed by atoms with Gasteiger partial charge in [0.25, 0.3) is 0 Å². The Balaban J connectivity index is 2.23. The summed E-state index contributed by atoms with van der Waals surface area (Å²) in [5.74, 6) is 0.892. The van der Waals surface area contributed by atoms with Gasteiger partial charge in [-0.2, -0.15) is 0 Å². The van der Waals surface area contributed by atoms with Crippen LogP contribution in [0.3, 0.4) is 0 Å². The zero-order chi connectivity index (χ0) is 15.1. The smallest absolute Gasteiger partial charge is 0.336 e. The highest BCUT2D eigenvalue weighted by atomic mass is 16.5. The Morgan fingerprint density at radius 3 is 2.76 bits per heavy atom. The first kappa shape index (κ1) is 14.1. The molecule has 2 aromatic rings. The molecule has 1 N–H and O–H groups in total. The van der Waals surface area contributed by atoms with Crippen molar-refractivity contribution in [1.29, 1.82) is 0 Å². The fourth-order valence-electron chi connectivity index (χ4n) is 3.03. The molecule has 2 heterocycles. The highest BCUT2D eigenvalue weighted by molar-refractivity contribution is 5.86. The highest BCUT2D eigenvalue weighted by Crippen LogP contribution is 2.33. The number of fused-ring (bicyclic) bond motifs is 2. The van der Waals surface area contributed by atoms with Gasteiger partial charge in [-0.3, -0.25) is 4.90 Å². The Kier molecular flexibility index (Phi) is 3.49. The van der Waals surface area contributed by atoms with E-state index in [1.807, 2.05) is 6.92 Å². The van der Waals surface area contributed by atoms with Crippen LogP contribution in [-0.4, -0.2) is 12.8 Å². The van der Waals surface area contributed by atoms with Crippen LogP contribution in [0, 0.1) is 6.92 Å². The fraction of sp³-hybridized carbons (Fsp3) is 0.471. The van der Waals surface area contributed by atoms with E-state index in [1.165, 1.54) is 10.5 Å². The molecule has 1 atom stereocenters. The van der Waals surface area contributed by atoms with Gasteiger partial charge in [0.1, 0.15) is 17.9 Å². The van der Waals surface area contributed by atoms with Gasteiger partial charge in [-0.1, -0.05) is 6.92 Å². The van der Waals surface area contributed by atoms with Crippen molar-refractivity contribution >= 4 is 11.0 Å². The molecule has 1 aromatic carbocycles. The molecule has 1 aromatic heterocycles. The summed E-state index contributed by atoms with van der Waals surface area (Å²) in [6.07, 6.45) is 0.821. The minimum Gasteiger partial charge on any atom is -0.444 e. The van der Waals surface area contributed by atoms with E-state index in [0.717, 1.165) is 35.2 Å². The molecule has 0 aliphatic carbocycles. The Labute approximate surface area is 124 Å². The molecule has 0 bridgehead atoms. The van der Waals surface area contributed by atoms with Crippen LogP contribution >= 0.6 is 0 Å². The predicted octanol–water partition coefficient (Wildman–Crippen LogP) is 1.81. The zero-order valence-electron chi connectivity index (χ0n) is 13.1. The second-order valence-corrected chi connectivity index (χ2v) is 6.09. The third kappa shape index (κ3) is 2.33. The average molecular weight is 288 g/mol. The van der Waals surface area contributed by atoms with Gasteiger partial charge in [-0.15, -0.1) is 0 Å². The van der Waals surface area contributed by atoms with Crippen molar-refractivity contribution in [2.75, 3.05) is 6.73 Å². The van der Waals surface area contributed by atoms with Crippen LogP contribution in [0.5, 0.6) is 5.75 Å². The van der Waals surface area contributed by atoms with Crippen LogP contribution < -0.4 is 15.3 Å². The minimum atomic E-state index is -0.285. The van der Waals surface area contributed by atoms with Gasteiger partial charge in [-0.05, 0) is 38.8 Å². The first-order valence-corrected chi connectivity index (χ1v) is 7.57. The number of hydrogen-bond acceptors (Lipinski definition) is 3. The lowest BCUT2D eigenvalue weighted by Gasteiger charge is -2.30. The summed E-state index contributed by atoms with van der Waals surface area (Å²) in [4.78, 5) is 13.1. The average Bonchev–Trinajstić information content (AvgIpc) is 2.47. The van der Waals surface area contributed by atoms with E-state index in [0.29, 0.717) is 18.4 Å². The lowest BCUT2D eigenvalue weighted by atomic mass is 9.99. The maximum Gasteiger partial charge on any atom is 0.336 e. The van der Waals surface area contributed by atoms with Crippen LogP contribution in [0.1, 0.15) is 37.5 Å². The second-order valence-electron chi connectivity index (χ2n) is 6.09. The van der Waals surface area contributed by atoms with Crippen molar-refractivity contribution in [2.24, 2.45) is 0 Å². The topological polar surface area (TPSA) is 43.9 Å². The number of quaternary nitrogens is 1. The van der Waals surface area contributed by atoms with Gasteiger partial charge in [0.05, 0.1) is 6.04 Å². The lowest BCUT2D eigenvalue weighted by molar-refractivity contribution is -0.952. The monoisotopic (exact) mass is 288 g/mol. The number of rotatable bonds is 2. The van der Waals surface area contributed by atoms with Crippen LogP contribution in [0.2, 0.25) is 0 Å². The van der Waals surface area contributed by atoms with E-state index in [-0.39, 0.29) is 5.63 Å². The normalized spacial score (nSPS) is 17.9. The molecule has 0 spiro atoms. The molecule has 0 saturated heterocycles. The van der Waals surface area contributed by atoms with E-state index in [1.54, 1.807) is 6.07 Å². The van der Waals surface area contributed by atoms with Gasteiger partial charge in [0.15, 0.2) is 0 Å². The van der Waals surface area contributed by atoms with E-state index < -0.39 is 0 Å². The van der Waals surface area contributed by atoms with Gasteiger partial charge in [0.2, 0.25) is 6.73 Å². The zero-order valence-corrected chi connectivity index (χ0v) is 13.1. The number of aryl methyl sites for hydroxylation is 2. The summed E-state index contributed by atoms with van der Waals surface area (Å²) in [5, 5.41) is 1.04. The highest BCUT2D eigenvalue weighted by Gasteiger charge is 2.26. The van der Waals surface area contributed by atoms with Gasteiger partial charge < -0.3 is 9.15 Å². The van der Waals surface area contributed by atoms with Crippen molar-refractivity contribution in [1.82, 2.24) is 0 Å². The molecule has 0 radical (unpaired) electrons. The number of benzene rings is 1. The molecule has 0 saturated carbocycles. The Bertz CT molecular complexity index is 746. The molecule has 112 valence electrons. The summed E-state index contributed by atoms with van der Waals surface area (Å²) < 4.78 is 11.4. The van der Waals surface area contributed by atoms with E-state index in [9.17, 15) is 4.79 Å². The van der Waals surface area contributed by atoms with Crippen molar-refractivity contribution < 1.29 is 14.1 Å². The summed E-state index contributed by atoms with van der Waals surface area (Å²) >= 11 is 0. The van der Waals surface area contributed by atoms with Gasteiger partial charge >= 0.3 is 5.63 Å². The third-order valence-corrected chi connectivity index (χ3v) is 4.39. The molecule has 21 heavy (non-hydrogen) atoms. The van der Waals surface area contributed by atoms with E-state index in [2.05, 4.69) is 26.8 Å². The van der Waals surface area contributed by atoms with Crippen LogP contribution in [0.15, 0.2) is 21.3 Å². The molecule has 0 fully saturated rings. The molecule has 4 nitrogen and oxygen atoms in total.